The molecule has 0 bridgehead atoms. The van der Waals surface area contributed by atoms with E-state index in [9.17, 15) is 0 Å². The van der Waals surface area contributed by atoms with Gasteiger partial charge in [0, 0.05) is 23.4 Å². The number of allylic oxidation sites excluding steroid dienone is 1. The van der Waals surface area contributed by atoms with Gasteiger partial charge < -0.3 is 4.52 Å². The normalized spacial score (nSPS) is 15.3. The molecule has 0 radical (unpaired) electrons. The molecular weight excluding hydrogens is 360 g/mol. The molecule has 5 nitrogen and oxygen atoms in total. The second kappa shape index (κ2) is 7.29. The lowest BCUT2D eigenvalue weighted by atomic mass is 9.76. The van der Waals surface area contributed by atoms with Crippen molar-refractivity contribution in [1.82, 2.24) is 19.9 Å². The Morgan fingerprint density at radius 2 is 1.97 bits per heavy atom. The van der Waals surface area contributed by atoms with E-state index in [-0.39, 0.29) is 0 Å². The van der Waals surface area contributed by atoms with Crippen molar-refractivity contribution in [3.05, 3.63) is 52.7 Å². The highest BCUT2D eigenvalue weighted by Crippen LogP contribution is 2.39. The van der Waals surface area contributed by atoms with Gasteiger partial charge in [0.2, 0.25) is 5.82 Å². The number of hydrogen-bond acceptors (Lipinski definition) is 4. The Morgan fingerprint density at radius 1 is 1.24 bits per heavy atom. The number of fused-ring (bicyclic) bond motifs is 1. The number of aromatic nitrogens is 4. The van der Waals surface area contributed by atoms with Crippen LogP contribution in [-0.2, 0) is 25.8 Å². The summed E-state index contributed by atoms with van der Waals surface area (Å²) in [5.41, 5.74) is 8.49. The van der Waals surface area contributed by atoms with E-state index in [1.165, 1.54) is 27.9 Å². The van der Waals surface area contributed by atoms with Crippen LogP contribution in [-0.4, -0.2) is 19.9 Å². The lowest BCUT2D eigenvalue weighted by molar-refractivity contribution is 0.304. The molecule has 5 heteroatoms. The van der Waals surface area contributed by atoms with Crippen molar-refractivity contribution in [2.24, 2.45) is 5.41 Å². The highest BCUT2D eigenvalue weighted by Gasteiger charge is 2.32. The zero-order chi connectivity index (χ0) is 20.8. The Kier molecular flexibility index (Phi) is 4.93. The minimum atomic E-state index is 0.305. The molecule has 0 fully saturated rings. The molecule has 29 heavy (non-hydrogen) atoms. The first-order valence-electron chi connectivity index (χ1n) is 10.5. The van der Waals surface area contributed by atoms with Crippen LogP contribution in [0.4, 0.5) is 0 Å². The molecule has 1 aliphatic rings. The monoisotopic (exact) mass is 390 g/mol. The van der Waals surface area contributed by atoms with Crippen LogP contribution < -0.4 is 0 Å². The molecule has 0 unspecified atom stereocenters. The summed E-state index contributed by atoms with van der Waals surface area (Å²) in [6, 6.07) is 4.26. The van der Waals surface area contributed by atoms with Crippen LogP contribution >= 0.6 is 0 Å². The number of aryl methyl sites for hydroxylation is 3. The van der Waals surface area contributed by atoms with Crippen LogP contribution in [0.15, 0.2) is 29.3 Å². The Labute approximate surface area is 172 Å². The van der Waals surface area contributed by atoms with Crippen molar-refractivity contribution in [3.8, 4) is 23.0 Å². The van der Waals surface area contributed by atoms with Gasteiger partial charge in [0.15, 0.2) is 5.69 Å². The van der Waals surface area contributed by atoms with Gasteiger partial charge in [-0.1, -0.05) is 25.1 Å². The molecular formula is C24H30N4O. The summed E-state index contributed by atoms with van der Waals surface area (Å²) in [7, 11) is 0. The van der Waals surface area contributed by atoms with Crippen molar-refractivity contribution in [2.45, 2.75) is 66.8 Å². The van der Waals surface area contributed by atoms with Gasteiger partial charge in [0.05, 0.1) is 0 Å². The van der Waals surface area contributed by atoms with E-state index in [1.54, 1.807) is 0 Å². The van der Waals surface area contributed by atoms with Crippen molar-refractivity contribution in [2.75, 3.05) is 0 Å². The minimum Gasteiger partial charge on any atom is -0.332 e. The van der Waals surface area contributed by atoms with E-state index in [1.807, 2.05) is 6.08 Å². The minimum absolute atomic E-state index is 0.305. The molecule has 0 N–H and O–H groups in total. The van der Waals surface area contributed by atoms with Gasteiger partial charge >= 0.3 is 0 Å². The number of nitrogens with zero attached hydrogens (tertiary/aromatic N) is 4. The van der Waals surface area contributed by atoms with Crippen molar-refractivity contribution < 1.29 is 4.52 Å². The van der Waals surface area contributed by atoms with Gasteiger partial charge in [-0.05, 0) is 80.7 Å². The van der Waals surface area contributed by atoms with Gasteiger partial charge in [-0.25, -0.2) is 0 Å². The van der Waals surface area contributed by atoms with Crippen molar-refractivity contribution in [3.63, 3.8) is 0 Å². The lowest BCUT2D eigenvalue weighted by Gasteiger charge is -2.30. The molecule has 0 aliphatic heterocycles. The Hall–Kier alpha value is -2.69. The molecule has 0 saturated heterocycles. The summed E-state index contributed by atoms with van der Waals surface area (Å²) in [5.74, 6) is 1.14. The first kappa shape index (κ1) is 19.6. The average molecular weight is 391 g/mol. The molecule has 2 heterocycles. The predicted octanol–water partition coefficient (Wildman–Crippen LogP) is 5.48. The lowest BCUT2D eigenvalue weighted by Crippen LogP contribution is -2.24. The molecule has 0 saturated carbocycles. The second-order valence-electron chi connectivity index (χ2n) is 8.94. The van der Waals surface area contributed by atoms with Gasteiger partial charge in [0.25, 0.3) is 5.89 Å². The third-order valence-electron chi connectivity index (χ3n) is 6.10. The Bertz CT molecular complexity index is 1050. The summed E-state index contributed by atoms with van der Waals surface area (Å²) < 4.78 is 7.79. The van der Waals surface area contributed by atoms with E-state index in [0.717, 1.165) is 43.5 Å². The van der Waals surface area contributed by atoms with Crippen LogP contribution in [0.1, 0.15) is 55.1 Å². The van der Waals surface area contributed by atoms with Crippen LogP contribution in [0, 0.1) is 19.3 Å². The first-order chi connectivity index (χ1) is 13.8. The zero-order valence-electron chi connectivity index (χ0n) is 18.2. The molecule has 1 aromatic carbocycles. The predicted molar refractivity (Wildman–Crippen MR) is 116 cm³/mol. The van der Waals surface area contributed by atoms with E-state index in [4.69, 9.17) is 14.6 Å². The smallest absolute Gasteiger partial charge is 0.279 e. The highest BCUT2D eigenvalue weighted by atomic mass is 16.5. The van der Waals surface area contributed by atoms with E-state index in [0.29, 0.717) is 17.1 Å². The molecule has 0 amide bonds. The number of rotatable bonds is 5. The SMILES string of the molecule is C=CCc1c(C)cc(-c2noc(-c3nn(CC)c4c3CCC(C)(C)C4)n2)cc1C. The number of benzene rings is 1. The fourth-order valence-corrected chi connectivity index (χ4v) is 4.46. The third-order valence-corrected chi connectivity index (χ3v) is 6.10. The molecule has 0 atom stereocenters. The molecule has 1 aliphatic carbocycles. The summed E-state index contributed by atoms with van der Waals surface area (Å²) in [6.45, 7) is 15.7. The quantitative estimate of drug-likeness (QED) is 0.541. The molecule has 4 rings (SSSR count). The summed E-state index contributed by atoms with van der Waals surface area (Å²) in [4.78, 5) is 4.73. The topological polar surface area (TPSA) is 56.7 Å². The first-order valence-corrected chi connectivity index (χ1v) is 10.5. The van der Waals surface area contributed by atoms with Gasteiger partial charge in [0.1, 0.15) is 0 Å². The Morgan fingerprint density at radius 3 is 2.62 bits per heavy atom. The van der Waals surface area contributed by atoms with Crippen molar-refractivity contribution in [1.29, 1.82) is 0 Å². The zero-order valence-corrected chi connectivity index (χ0v) is 18.2. The van der Waals surface area contributed by atoms with Gasteiger partial charge in [-0.15, -0.1) is 6.58 Å². The third kappa shape index (κ3) is 3.54. The van der Waals surface area contributed by atoms with E-state index >= 15 is 0 Å². The van der Waals surface area contributed by atoms with Crippen LogP contribution in [0.2, 0.25) is 0 Å². The largest absolute Gasteiger partial charge is 0.332 e. The summed E-state index contributed by atoms with van der Waals surface area (Å²) in [6.07, 6.45) is 5.99. The summed E-state index contributed by atoms with van der Waals surface area (Å²) >= 11 is 0. The average Bonchev–Trinajstić information content (AvgIpc) is 3.28. The molecule has 152 valence electrons. The number of hydrogen-bond donors (Lipinski definition) is 0. The molecule has 2 aromatic heterocycles. The molecule has 3 aromatic rings. The van der Waals surface area contributed by atoms with Crippen LogP contribution in [0.3, 0.4) is 0 Å². The standard InChI is InChI=1S/C24H30N4O/c1-7-9-18-15(3)12-17(13-16(18)4)22-25-23(29-27-22)21-19-10-11-24(5,6)14-20(19)28(8-2)26-21/h7,12-13H,1,8-11,14H2,2-6H3. The van der Waals surface area contributed by atoms with E-state index in [2.05, 4.69) is 63.2 Å². The fraction of sp³-hybridized carbons (Fsp3) is 0.458. The van der Waals surface area contributed by atoms with Crippen molar-refractivity contribution >= 4 is 0 Å². The maximum absolute atomic E-state index is 5.69. The maximum atomic E-state index is 5.69. The van der Waals surface area contributed by atoms with Gasteiger partial charge in [-0.2, -0.15) is 10.1 Å². The molecule has 0 spiro atoms. The van der Waals surface area contributed by atoms with Gasteiger partial charge in [-0.3, -0.25) is 4.68 Å². The Balaban J connectivity index is 1.73. The fourth-order valence-electron chi connectivity index (χ4n) is 4.46. The highest BCUT2D eigenvalue weighted by molar-refractivity contribution is 5.63. The van der Waals surface area contributed by atoms with E-state index < -0.39 is 0 Å². The van der Waals surface area contributed by atoms with Crippen LogP contribution in [0.5, 0.6) is 0 Å². The maximum Gasteiger partial charge on any atom is 0.279 e. The van der Waals surface area contributed by atoms with Crippen LogP contribution in [0.25, 0.3) is 23.0 Å². The summed E-state index contributed by atoms with van der Waals surface area (Å²) in [5, 5.41) is 9.11. The second-order valence-corrected chi connectivity index (χ2v) is 8.94.